The first kappa shape index (κ1) is 14.7. The molecule has 0 aliphatic rings. The number of benzene rings is 1. The van der Waals surface area contributed by atoms with Crippen LogP contribution in [0.15, 0.2) is 24.3 Å². The number of anilines is 1. The summed E-state index contributed by atoms with van der Waals surface area (Å²) in [7, 11) is 0. The third-order valence-corrected chi connectivity index (χ3v) is 2.71. The van der Waals surface area contributed by atoms with Crippen molar-refractivity contribution in [1.82, 2.24) is 5.32 Å². The van der Waals surface area contributed by atoms with Gasteiger partial charge in [0, 0.05) is 12.2 Å². The molecule has 1 atom stereocenters. The number of carbonyl (C=O) groups is 1. The first-order chi connectivity index (χ1) is 8.67. The van der Waals surface area contributed by atoms with E-state index in [1.54, 1.807) is 0 Å². The molecule has 1 aromatic carbocycles. The molecule has 1 amide bonds. The van der Waals surface area contributed by atoms with Gasteiger partial charge in [0.25, 0.3) is 0 Å². The van der Waals surface area contributed by atoms with Crippen LogP contribution in [-0.4, -0.2) is 18.5 Å². The summed E-state index contributed by atoms with van der Waals surface area (Å²) in [6.45, 7) is 5.82. The average Bonchev–Trinajstić information content (AvgIpc) is 2.37. The van der Waals surface area contributed by atoms with E-state index < -0.39 is 6.04 Å². The highest BCUT2D eigenvalue weighted by molar-refractivity contribution is 5.94. The average molecular weight is 249 g/mol. The summed E-state index contributed by atoms with van der Waals surface area (Å²) in [5.74, 6) is -0.113. The molecule has 18 heavy (non-hydrogen) atoms. The number of nitrogens with two attached hydrogens (primary N) is 1. The fourth-order valence-corrected chi connectivity index (χ4v) is 1.71. The van der Waals surface area contributed by atoms with Crippen molar-refractivity contribution < 1.29 is 4.79 Å². The van der Waals surface area contributed by atoms with Gasteiger partial charge in [-0.2, -0.15) is 0 Å². The summed E-state index contributed by atoms with van der Waals surface area (Å²) >= 11 is 0. The predicted molar refractivity (Wildman–Crippen MR) is 75.3 cm³/mol. The van der Waals surface area contributed by atoms with E-state index in [2.05, 4.69) is 17.6 Å². The van der Waals surface area contributed by atoms with Crippen LogP contribution in [0.4, 0.5) is 5.69 Å². The SMILES string of the molecule is CCCC(N)C(=O)Nc1cccc(CNCC)c1. The van der Waals surface area contributed by atoms with Crippen molar-refractivity contribution in [3.63, 3.8) is 0 Å². The molecule has 0 saturated carbocycles. The van der Waals surface area contributed by atoms with Gasteiger partial charge in [-0.05, 0) is 30.7 Å². The van der Waals surface area contributed by atoms with Gasteiger partial charge < -0.3 is 16.4 Å². The summed E-state index contributed by atoms with van der Waals surface area (Å²) in [6, 6.07) is 7.40. The molecule has 100 valence electrons. The molecule has 0 aliphatic heterocycles. The van der Waals surface area contributed by atoms with Crippen molar-refractivity contribution >= 4 is 11.6 Å². The Hall–Kier alpha value is -1.39. The number of hydrogen-bond donors (Lipinski definition) is 3. The van der Waals surface area contributed by atoms with Gasteiger partial charge in [0.05, 0.1) is 6.04 Å². The van der Waals surface area contributed by atoms with Gasteiger partial charge >= 0.3 is 0 Å². The van der Waals surface area contributed by atoms with Crippen molar-refractivity contribution in [2.45, 2.75) is 39.3 Å². The van der Waals surface area contributed by atoms with Crippen LogP contribution >= 0.6 is 0 Å². The topological polar surface area (TPSA) is 67.2 Å². The Labute approximate surface area is 109 Å². The van der Waals surface area contributed by atoms with Crippen molar-refractivity contribution in [2.24, 2.45) is 5.73 Å². The van der Waals surface area contributed by atoms with E-state index in [1.807, 2.05) is 31.2 Å². The van der Waals surface area contributed by atoms with Crippen LogP contribution in [0, 0.1) is 0 Å². The number of amides is 1. The maximum absolute atomic E-state index is 11.8. The Morgan fingerprint density at radius 2 is 2.17 bits per heavy atom. The van der Waals surface area contributed by atoms with Gasteiger partial charge in [-0.1, -0.05) is 32.4 Å². The molecule has 0 aromatic heterocycles. The lowest BCUT2D eigenvalue weighted by Gasteiger charge is -2.12. The van der Waals surface area contributed by atoms with E-state index in [9.17, 15) is 4.79 Å². The minimum atomic E-state index is -0.424. The van der Waals surface area contributed by atoms with Crippen LogP contribution in [-0.2, 0) is 11.3 Å². The van der Waals surface area contributed by atoms with E-state index in [1.165, 1.54) is 0 Å². The number of nitrogens with one attached hydrogen (secondary N) is 2. The highest BCUT2D eigenvalue weighted by Gasteiger charge is 2.12. The zero-order valence-electron chi connectivity index (χ0n) is 11.2. The molecule has 1 unspecified atom stereocenters. The largest absolute Gasteiger partial charge is 0.325 e. The third kappa shape index (κ3) is 4.85. The van der Waals surface area contributed by atoms with Gasteiger partial charge in [0.15, 0.2) is 0 Å². The first-order valence-electron chi connectivity index (χ1n) is 6.53. The highest BCUT2D eigenvalue weighted by Crippen LogP contribution is 2.11. The minimum Gasteiger partial charge on any atom is -0.325 e. The zero-order valence-corrected chi connectivity index (χ0v) is 11.2. The Kier molecular flexibility index (Phi) is 6.39. The van der Waals surface area contributed by atoms with Crippen LogP contribution < -0.4 is 16.4 Å². The second-order valence-corrected chi connectivity index (χ2v) is 4.37. The Morgan fingerprint density at radius 1 is 1.39 bits per heavy atom. The molecule has 1 aromatic rings. The maximum atomic E-state index is 11.8. The van der Waals surface area contributed by atoms with Crippen LogP contribution in [0.3, 0.4) is 0 Å². The van der Waals surface area contributed by atoms with E-state index >= 15 is 0 Å². The van der Waals surface area contributed by atoms with Crippen LogP contribution in [0.1, 0.15) is 32.3 Å². The highest BCUT2D eigenvalue weighted by atomic mass is 16.2. The van der Waals surface area contributed by atoms with E-state index in [-0.39, 0.29) is 5.91 Å². The van der Waals surface area contributed by atoms with E-state index in [4.69, 9.17) is 5.73 Å². The zero-order chi connectivity index (χ0) is 13.4. The third-order valence-electron chi connectivity index (χ3n) is 2.71. The molecule has 0 fully saturated rings. The molecule has 4 heteroatoms. The van der Waals surface area contributed by atoms with Gasteiger partial charge in [0.2, 0.25) is 5.91 Å². The van der Waals surface area contributed by atoms with Gasteiger partial charge in [-0.3, -0.25) is 4.79 Å². The molecule has 0 radical (unpaired) electrons. The maximum Gasteiger partial charge on any atom is 0.241 e. The summed E-state index contributed by atoms with van der Waals surface area (Å²) in [5, 5.41) is 6.10. The lowest BCUT2D eigenvalue weighted by molar-refractivity contribution is -0.117. The van der Waals surface area contributed by atoms with E-state index in [0.29, 0.717) is 6.42 Å². The molecular weight excluding hydrogens is 226 g/mol. The summed E-state index contributed by atoms with van der Waals surface area (Å²) in [4.78, 5) is 11.8. The van der Waals surface area contributed by atoms with Gasteiger partial charge in [-0.25, -0.2) is 0 Å². The molecule has 1 rings (SSSR count). The number of hydrogen-bond acceptors (Lipinski definition) is 3. The van der Waals surface area contributed by atoms with E-state index in [0.717, 1.165) is 30.8 Å². The number of carbonyl (C=O) groups excluding carboxylic acids is 1. The van der Waals surface area contributed by atoms with Gasteiger partial charge in [-0.15, -0.1) is 0 Å². The molecule has 0 bridgehead atoms. The van der Waals surface area contributed by atoms with Crippen molar-refractivity contribution in [2.75, 3.05) is 11.9 Å². The lowest BCUT2D eigenvalue weighted by Crippen LogP contribution is -2.35. The second kappa shape index (κ2) is 7.84. The van der Waals surface area contributed by atoms with Crippen LogP contribution in [0.2, 0.25) is 0 Å². The monoisotopic (exact) mass is 249 g/mol. The fraction of sp³-hybridized carbons (Fsp3) is 0.500. The molecule has 4 N–H and O–H groups in total. The first-order valence-corrected chi connectivity index (χ1v) is 6.53. The standard InChI is InChI=1S/C14H23N3O/c1-3-6-13(15)14(18)17-12-8-5-7-11(9-12)10-16-4-2/h5,7-9,13,16H,3-4,6,10,15H2,1-2H3,(H,17,18). The summed E-state index contributed by atoms with van der Waals surface area (Å²) in [5.41, 5.74) is 7.73. The fourth-order valence-electron chi connectivity index (χ4n) is 1.71. The van der Waals surface area contributed by atoms with Crippen LogP contribution in [0.5, 0.6) is 0 Å². The predicted octanol–water partition coefficient (Wildman–Crippen LogP) is 1.86. The quantitative estimate of drug-likeness (QED) is 0.691. The lowest BCUT2D eigenvalue weighted by atomic mass is 10.1. The molecule has 0 heterocycles. The molecule has 0 aliphatic carbocycles. The number of rotatable bonds is 7. The second-order valence-electron chi connectivity index (χ2n) is 4.37. The molecule has 4 nitrogen and oxygen atoms in total. The molecule has 0 saturated heterocycles. The minimum absolute atomic E-state index is 0.113. The van der Waals surface area contributed by atoms with Gasteiger partial charge in [0.1, 0.15) is 0 Å². The van der Waals surface area contributed by atoms with Crippen molar-refractivity contribution in [3.05, 3.63) is 29.8 Å². The molecule has 0 spiro atoms. The summed E-state index contributed by atoms with van der Waals surface area (Å²) in [6.07, 6.45) is 1.62. The van der Waals surface area contributed by atoms with Crippen molar-refractivity contribution in [3.8, 4) is 0 Å². The Bertz CT molecular complexity index is 379. The smallest absolute Gasteiger partial charge is 0.241 e. The summed E-state index contributed by atoms with van der Waals surface area (Å²) < 4.78 is 0. The Balaban J connectivity index is 2.58. The Morgan fingerprint density at radius 3 is 2.83 bits per heavy atom. The van der Waals surface area contributed by atoms with Crippen LogP contribution in [0.25, 0.3) is 0 Å². The normalized spacial score (nSPS) is 12.2. The van der Waals surface area contributed by atoms with Crippen molar-refractivity contribution in [1.29, 1.82) is 0 Å². The molecular formula is C14H23N3O.